The summed E-state index contributed by atoms with van der Waals surface area (Å²) in [5.74, 6) is 0.744. The molecule has 1 N–H and O–H groups in total. The molecule has 1 amide bonds. The van der Waals surface area contributed by atoms with Crippen molar-refractivity contribution < 1.29 is 14.4 Å². The molecule has 0 bridgehead atoms. The Balaban J connectivity index is 2.26. The van der Waals surface area contributed by atoms with Gasteiger partial charge in [-0.05, 0) is 52.4 Å². The zero-order valence-corrected chi connectivity index (χ0v) is 11.4. The number of hydrogen-bond acceptors (Lipinski definition) is 3. The van der Waals surface area contributed by atoms with Crippen LogP contribution in [0, 0.1) is 11.8 Å². The first-order valence-electron chi connectivity index (χ1n) is 6.39. The summed E-state index contributed by atoms with van der Waals surface area (Å²) in [5.41, 5.74) is 2.24. The minimum absolute atomic E-state index is 0.0239. The summed E-state index contributed by atoms with van der Waals surface area (Å²) in [5, 5.41) is 0. The lowest BCUT2D eigenvalue weighted by Gasteiger charge is -2.28. The van der Waals surface area contributed by atoms with E-state index in [2.05, 4.69) is 5.48 Å². The predicted octanol–water partition coefficient (Wildman–Crippen LogP) is 2.29. The van der Waals surface area contributed by atoms with E-state index in [9.17, 15) is 4.79 Å². The van der Waals surface area contributed by atoms with Crippen molar-refractivity contribution in [3.8, 4) is 0 Å². The number of nitrogens with one attached hydrogen (secondary N) is 1. The molecule has 0 aromatic carbocycles. The Bertz CT molecular complexity index is 240. The third-order valence-electron chi connectivity index (χ3n) is 3.08. The van der Waals surface area contributed by atoms with Gasteiger partial charge in [-0.3, -0.25) is 9.63 Å². The van der Waals surface area contributed by atoms with Gasteiger partial charge in [-0.2, -0.15) is 0 Å². The molecule has 17 heavy (non-hydrogen) atoms. The van der Waals surface area contributed by atoms with Crippen molar-refractivity contribution in [1.29, 1.82) is 0 Å². The van der Waals surface area contributed by atoms with Crippen molar-refractivity contribution in [2.75, 3.05) is 13.7 Å². The highest BCUT2D eigenvalue weighted by Gasteiger charge is 2.27. The number of methoxy groups -OCH3 is 1. The Morgan fingerprint density at radius 1 is 1.24 bits per heavy atom. The van der Waals surface area contributed by atoms with Crippen molar-refractivity contribution in [1.82, 2.24) is 5.48 Å². The topological polar surface area (TPSA) is 47.6 Å². The monoisotopic (exact) mass is 243 g/mol. The molecule has 1 fully saturated rings. The molecular weight excluding hydrogens is 218 g/mol. The number of carbonyl (C=O) groups excluding carboxylic acids is 1. The largest absolute Gasteiger partial charge is 0.384 e. The highest BCUT2D eigenvalue weighted by atomic mass is 16.7. The lowest BCUT2D eigenvalue weighted by molar-refractivity contribution is -0.151. The Labute approximate surface area is 104 Å². The minimum Gasteiger partial charge on any atom is -0.384 e. The molecular formula is C13H25NO3. The summed E-state index contributed by atoms with van der Waals surface area (Å²) in [6.07, 6.45) is 4.02. The van der Waals surface area contributed by atoms with Gasteiger partial charge in [0.25, 0.3) is 0 Å². The van der Waals surface area contributed by atoms with Crippen LogP contribution in [0.25, 0.3) is 0 Å². The molecule has 4 heteroatoms. The molecule has 0 saturated heterocycles. The van der Waals surface area contributed by atoms with E-state index in [1.807, 2.05) is 20.8 Å². The number of rotatable bonds is 4. The van der Waals surface area contributed by atoms with E-state index >= 15 is 0 Å². The van der Waals surface area contributed by atoms with Gasteiger partial charge in [-0.25, -0.2) is 5.48 Å². The van der Waals surface area contributed by atoms with Crippen LogP contribution in [-0.4, -0.2) is 25.2 Å². The van der Waals surface area contributed by atoms with Crippen LogP contribution in [0.2, 0.25) is 0 Å². The van der Waals surface area contributed by atoms with Crippen LogP contribution in [0.5, 0.6) is 0 Å². The summed E-state index contributed by atoms with van der Waals surface area (Å²) in [7, 11) is 1.73. The Hall–Kier alpha value is -0.610. The molecule has 1 saturated carbocycles. The van der Waals surface area contributed by atoms with Gasteiger partial charge in [-0.15, -0.1) is 0 Å². The summed E-state index contributed by atoms with van der Waals surface area (Å²) in [6.45, 7) is 6.57. The van der Waals surface area contributed by atoms with E-state index in [1.165, 1.54) is 0 Å². The van der Waals surface area contributed by atoms with Crippen molar-refractivity contribution in [2.45, 2.75) is 52.1 Å². The van der Waals surface area contributed by atoms with Gasteiger partial charge in [0.15, 0.2) is 0 Å². The van der Waals surface area contributed by atoms with Crippen molar-refractivity contribution in [2.24, 2.45) is 11.8 Å². The van der Waals surface area contributed by atoms with E-state index < -0.39 is 0 Å². The molecule has 0 aromatic rings. The third-order valence-corrected chi connectivity index (χ3v) is 3.08. The van der Waals surface area contributed by atoms with E-state index in [0.717, 1.165) is 32.3 Å². The molecule has 1 aliphatic rings. The average Bonchev–Trinajstić information content (AvgIpc) is 2.26. The SMILES string of the molecule is COCC1CCC(C(=O)NOC(C)(C)C)CC1. The molecule has 0 unspecified atom stereocenters. The average molecular weight is 243 g/mol. The zero-order chi connectivity index (χ0) is 12.9. The molecule has 0 heterocycles. The fourth-order valence-electron chi connectivity index (χ4n) is 2.11. The van der Waals surface area contributed by atoms with E-state index in [4.69, 9.17) is 9.57 Å². The van der Waals surface area contributed by atoms with Gasteiger partial charge < -0.3 is 4.74 Å². The lowest BCUT2D eigenvalue weighted by Crippen LogP contribution is -2.38. The molecule has 0 spiro atoms. The number of amides is 1. The smallest absolute Gasteiger partial charge is 0.246 e. The maximum Gasteiger partial charge on any atom is 0.246 e. The van der Waals surface area contributed by atoms with Crippen molar-refractivity contribution in [3.63, 3.8) is 0 Å². The van der Waals surface area contributed by atoms with Gasteiger partial charge in [0.1, 0.15) is 0 Å². The zero-order valence-electron chi connectivity index (χ0n) is 11.4. The van der Waals surface area contributed by atoms with Crippen LogP contribution >= 0.6 is 0 Å². The maximum atomic E-state index is 11.8. The summed E-state index contributed by atoms with van der Waals surface area (Å²) < 4.78 is 5.14. The first kappa shape index (κ1) is 14.5. The summed E-state index contributed by atoms with van der Waals surface area (Å²) in [6, 6.07) is 0. The fourth-order valence-corrected chi connectivity index (χ4v) is 2.11. The second-order valence-electron chi connectivity index (χ2n) is 5.85. The first-order valence-corrected chi connectivity index (χ1v) is 6.39. The second kappa shape index (κ2) is 6.36. The molecule has 0 aliphatic heterocycles. The van der Waals surface area contributed by atoms with Crippen LogP contribution in [-0.2, 0) is 14.4 Å². The van der Waals surface area contributed by atoms with E-state index in [1.54, 1.807) is 7.11 Å². The molecule has 1 aliphatic carbocycles. The normalized spacial score (nSPS) is 25.6. The van der Waals surface area contributed by atoms with Gasteiger partial charge in [-0.1, -0.05) is 0 Å². The Morgan fingerprint density at radius 3 is 2.29 bits per heavy atom. The molecule has 100 valence electrons. The quantitative estimate of drug-likeness (QED) is 0.771. The number of hydrogen-bond donors (Lipinski definition) is 1. The molecule has 0 aromatic heterocycles. The van der Waals surface area contributed by atoms with Crippen molar-refractivity contribution in [3.05, 3.63) is 0 Å². The van der Waals surface area contributed by atoms with Gasteiger partial charge in [0.2, 0.25) is 5.91 Å². The predicted molar refractivity (Wildman–Crippen MR) is 66.3 cm³/mol. The number of ether oxygens (including phenoxy) is 1. The second-order valence-corrected chi connectivity index (χ2v) is 5.85. The van der Waals surface area contributed by atoms with Crippen LogP contribution in [0.15, 0.2) is 0 Å². The highest BCUT2D eigenvalue weighted by Crippen LogP contribution is 2.29. The highest BCUT2D eigenvalue weighted by molar-refractivity contribution is 5.77. The Morgan fingerprint density at radius 2 is 1.82 bits per heavy atom. The molecule has 0 radical (unpaired) electrons. The molecule has 0 atom stereocenters. The van der Waals surface area contributed by atoms with E-state index in [-0.39, 0.29) is 17.4 Å². The fraction of sp³-hybridized carbons (Fsp3) is 0.923. The van der Waals surface area contributed by atoms with Gasteiger partial charge in [0.05, 0.1) is 5.60 Å². The number of hydroxylamine groups is 1. The summed E-state index contributed by atoms with van der Waals surface area (Å²) >= 11 is 0. The molecule has 4 nitrogen and oxygen atoms in total. The first-order chi connectivity index (χ1) is 7.92. The van der Waals surface area contributed by atoms with Crippen LogP contribution in [0.3, 0.4) is 0 Å². The van der Waals surface area contributed by atoms with Crippen molar-refractivity contribution >= 4 is 5.91 Å². The maximum absolute atomic E-state index is 11.8. The van der Waals surface area contributed by atoms with E-state index in [0.29, 0.717) is 5.92 Å². The third kappa shape index (κ3) is 5.50. The Kier molecular flexibility index (Phi) is 5.40. The van der Waals surface area contributed by atoms with Crippen LogP contribution in [0.1, 0.15) is 46.5 Å². The molecule has 1 rings (SSSR count). The van der Waals surface area contributed by atoms with Gasteiger partial charge >= 0.3 is 0 Å². The standard InChI is InChI=1S/C13H25NO3/c1-13(2,3)17-14-12(15)11-7-5-10(6-8-11)9-16-4/h10-11H,5-9H2,1-4H3,(H,14,15). The summed E-state index contributed by atoms with van der Waals surface area (Å²) in [4.78, 5) is 17.1. The van der Waals surface area contributed by atoms with Crippen LogP contribution < -0.4 is 5.48 Å². The van der Waals surface area contributed by atoms with Crippen LogP contribution in [0.4, 0.5) is 0 Å². The van der Waals surface area contributed by atoms with Gasteiger partial charge in [0, 0.05) is 19.6 Å². The number of carbonyl (C=O) groups is 1. The minimum atomic E-state index is -0.330. The lowest BCUT2D eigenvalue weighted by atomic mass is 9.82.